The molecular weight excluding hydrogens is 1650 g/mol. The number of H-pyrrole nitrogens is 1. The van der Waals surface area contributed by atoms with Crippen LogP contribution in [0.1, 0.15) is 260 Å². The van der Waals surface area contributed by atoms with Crippen LogP contribution in [0.25, 0.3) is 32.8 Å². The fourth-order valence-electron chi connectivity index (χ4n) is 17.5. The second kappa shape index (κ2) is 59.2. The topological polar surface area (TPSA) is 165 Å². The van der Waals surface area contributed by atoms with E-state index in [-0.39, 0.29) is 70.6 Å². The fourth-order valence-corrected chi connectivity index (χ4v) is 17.5. The molecule has 1 aromatic heterocycles. The van der Waals surface area contributed by atoms with Crippen LogP contribution >= 0.6 is 0 Å². The molecule has 2 aliphatic rings. The summed E-state index contributed by atoms with van der Waals surface area (Å²) in [7, 11) is 2.02. The molecule has 1 N–H and O–H groups in total. The first kappa shape index (κ1) is 109. The fraction of sp³-hybridized carbons (Fsp3) is 0.398. The molecule has 14 rings (SSSR count). The summed E-state index contributed by atoms with van der Waals surface area (Å²) < 4.78 is 5.80. The Balaban J connectivity index is 0.000000210. The molecule has 11 aromatic carbocycles. The number of carbonyl (C=O) groups is 8. The molecule has 11 nitrogen and oxygen atoms in total. The van der Waals surface area contributed by atoms with Gasteiger partial charge in [-0.15, -0.1) is 0 Å². The Hall–Kier alpha value is -11.7. The molecule has 0 bridgehead atoms. The monoisotopic (exact) mass is 1800 g/mol. The minimum atomic E-state index is 0.0740. The smallest absolute Gasteiger partial charge is 0.147 e. The van der Waals surface area contributed by atoms with E-state index < -0.39 is 0 Å². The van der Waals surface area contributed by atoms with Gasteiger partial charge in [0.1, 0.15) is 57.8 Å². The Labute approximate surface area is 804 Å². The van der Waals surface area contributed by atoms with Crippen molar-refractivity contribution < 1.29 is 43.1 Å². The largest absolute Gasteiger partial charge is 0.457 e. The normalized spacial score (nSPS) is 14.2. The van der Waals surface area contributed by atoms with Gasteiger partial charge in [0.2, 0.25) is 0 Å². The summed E-state index contributed by atoms with van der Waals surface area (Å²) in [6.45, 7) is 33.0. The third-order valence-corrected chi connectivity index (χ3v) is 26.7. The molecule has 134 heavy (non-hydrogen) atoms. The summed E-state index contributed by atoms with van der Waals surface area (Å²) in [6, 6.07) is 96.2. The molecule has 1 fully saturated rings. The van der Waals surface area contributed by atoms with Crippen molar-refractivity contribution in [2.45, 2.75) is 271 Å². The molecule has 0 amide bonds. The van der Waals surface area contributed by atoms with Gasteiger partial charge in [-0.25, -0.2) is 0 Å². The summed E-state index contributed by atoms with van der Waals surface area (Å²) >= 11 is 0. The number of ether oxygens (including phenoxy) is 1. The summed E-state index contributed by atoms with van der Waals surface area (Å²) in [5.74, 6) is 5.97. The van der Waals surface area contributed by atoms with Crippen molar-refractivity contribution in [3.8, 4) is 22.6 Å². The molecule has 0 unspecified atom stereocenters. The molecule has 0 saturated heterocycles. The highest BCUT2D eigenvalue weighted by molar-refractivity contribution is 5.85. The van der Waals surface area contributed by atoms with Crippen LogP contribution in [0, 0.1) is 55.3 Å². The predicted octanol–water partition coefficient (Wildman–Crippen LogP) is 29.7. The van der Waals surface area contributed by atoms with Crippen LogP contribution in [0.5, 0.6) is 11.5 Å². The number of aryl methyl sites for hydroxylation is 3. The number of hydrogen-bond donors (Lipinski definition) is 1. The first-order valence-electron chi connectivity index (χ1n) is 49.5. The van der Waals surface area contributed by atoms with E-state index in [0.717, 1.165) is 138 Å². The maximum absolute atomic E-state index is 11.5. The van der Waals surface area contributed by atoms with Crippen LogP contribution in [-0.4, -0.2) is 69.2 Å². The minimum Gasteiger partial charge on any atom is -0.457 e. The Kier molecular flexibility index (Phi) is 48.3. The number of aromatic nitrogens is 1. The van der Waals surface area contributed by atoms with Gasteiger partial charge in [0.15, 0.2) is 0 Å². The first-order valence-corrected chi connectivity index (χ1v) is 49.5. The summed E-state index contributed by atoms with van der Waals surface area (Å²) in [4.78, 5) is 96.6. The lowest BCUT2D eigenvalue weighted by Crippen LogP contribution is -2.42. The molecule has 0 radical (unpaired) electrons. The van der Waals surface area contributed by atoms with Gasteiger partial charge in [-0.3, -0.25) is 43.3 Å². The summed E-state index contributed by atoms with van der Waals surface area (Å²) in [6.07, 6.45) is 21.3. The second-order valence-electron chi connectivity index (χ2n) is 37.0. The highest BCUT2D eigenvalue weighted by Gasteiger charge is 2.27. The molecule has 8 atom stereocenters. The lowest BCUT2D eigenvalue weighted by atomic mass is 9.83. The number of aromatic amines is 1. The minimum absolute atomic E-state index is 0.0740. The Bertz CT molecular complexity index is 5480. The quantitative estimate of drug-likeness (QED) is 0.0410. The summed E-state index contributed by atoms with van der Waals surface area (Å²) in [5, 5.41) is 3.73. The van der Waals surface area contributed by atoms with E-state index in [1.165, 1.54) is 121 Å². The van der Waals surface area contributed by atoms with Crippen molar-refractivity contribution in [1.29, 1.82) is 0 Å². The van der Waals surface area contributed by atoms with Crippen molar-refractivity contribution in [2.24, 2.45) is 41.4 Å². The highest BCUT2D eigenvalue weighted by atomic mass is 16.5. The van der Waals surface area contributed by atoms with E-state index in [2.05, 4.69) is 236 Å². The lowest BCUT2D eigenvalue weighted by molar-refractivity contribution is -0.122. The van der Waals surface area contributed by atoms with Crippen molar-refractivity contribution in [2.75, 3.05) is 7.05 Å². The number of nitrogens with zero attached hydrogens (tertiary/aromatic N) is 1. The van der Waals surface area contributed by atoms with E-state index in [9.17, 15) is 38.4 Å². The molecule has 1 aliphatic carbocycles. The SMILES string of the molecule is CC(=O)[C@@H]1Cc2ccccc2CN1C.CC[C@@H](CCc1ccccc1)C(C)=O.CC[C@@H](Cc1cc2ccccc2[nH]1)C(C)=O.CC[C@@H](Cc1ccc(-c2ccccc2)cc1)C(C)=O.CC[C@@H](Cc1ccc(C)cc1)C(C)=O.CC[C@@H](Cc1ccc(C2CCCCC2)cc1)C(C)=O.CC[C@@H](Cc1ccc(Oc2ccc(C)cc2)cc1)C(C)=O.CC[C@@H](Cc1ccc2ccccc2c1)C(C)=O. The first-order chi connectivity index (χ1) is 64.4. The zero-order valence-electron chi connectivity index (χ0n) is 83.9. The van der Waals surface area contributed by atoms with Crippen molar-refractivity contribution >= 4 is 67.9 Å². The van der Waals surface area contributed by atoms with Crippen molar-refractivity contribution in [3.63, 3.8) is 0 Å². The van der Waals surface area contributed by atoms with Crippen LogP contribution in [0.15, 0.2) is 279 Å². The zero-order valence-corrected chi connectivity index (χ0v) is 83.9. The molecule has 710 valence electrons. The van der Waals surface area contributed by atoms with Gasteiger partial charge in [-0.05, 0) is 312 Å². The number of likely N-dealkylation sites (N-methyl/N-ethyl adjacent to an activating group) is 1. The number of ketones is 8. The van der Waals surface area contributed by atoms with Crippen LogP contribution in [0.2, 0.25) is 0 Å². The lowest BCUT2D eigenvalue weighted by Gasteiger charge is -2.32. The van der Waals surface area contributed by atoms with Gasteiger partial charge in [0.25, 0.3) is 0 Å². The molecule has 2 heterocycles. The van der Waals surface area contributed by atoms with Crippen LogP contribution in [0.4, 0.5) is 0 Å². The molecule has 0 spiro atoms. The average molecular weight is 1800 g/mol. The third-order valence-electron chi connectivity index (χ3n) is 26.7. The Morgan fingerprint density at radius 1 is 0.336 bits per heavy atom. The number of benzene rings is 11. The van der Waals surface area contributed by atoms with E-state index in [1.807, 2.05) is 122 Å². The van der Waals surface area contributed by atoms with Crippen molar-refractivity contribution in [3.05, 3.63) is 346 Å². The standard InChI is InChI=1S/C19H22O2.C18H26O.C18H20O.C16H18O.C14H17NO.2C13H18O.C12H15NO/c1-4-17(15(3)20)13-16-7-11-19(12-8-16)21-18-9-5-14(2)6-10-18;2*1-3-16(14(2)19)13-15-9-11-18(12-10-15)17-7-5-4-6-8-17;1-3-14(12(2)17)10-13-8-9-15-6-4-5-7-16(15)11-13;1-3-11(10(2)16)8-13-9-12-6-4-5-7-14(12)15-13;1-4-13(11(3)14)9-12-7-5-10(2)6-8-12;1-3-13(11(2)14)10-9-12-7-5-4-6-8-12;1-9(14)12-7-10-5-3-4-6-11(10)8-13(12)2/h5-12,17H,4,13H2,1-3H3;9-12,16-17H,3-8,13H2,1-2H3;4-12,16H,3,13H2,1-2H3;4-9,11,14H,3,10H2,1-2H3;4-7,9,11,15H,3,8H2,1-2H3;5-8,13H,4,9H2,1-3H3;4-8,13H,3,9-10H2,1-2H3;3-6,12H,7-8H2,1-2H3/t17-;2*16-;14-;11-;2*13-;12-/m00000000/s1. The number of para-hydroxylation sites is 1. The molecule has 1 saturated carbocycles. The predicted molar refractivity (Wildman–Crippen MR) is 560 cm³/mol. The number of carbonyl (C=O) groups excluding carboxylic acids is 8. The van der Waals surface area contributed by atoms with Gasteiger partial charge in [0, 0.05) is 59.2 Å². The maximum atomic E-state index is 11.5. The molecule has 11 heteroatoms. The van der Waals surface area contributed by atoms with E-state index in [4.69, 9.17) is 4.74 Å². The average Bonchev–Trinajstić information content (AvgIpc) is 1.77. The van der Waals surface area contributed by atoms with Gasteiger partial charge < -0.3 is 9.72 Å². The van der Waals surface area contributed by atoms with E-state index in [1.54, 1.807) is 55.4 Å². The number of hydrogen-bond acceptors (Lipinski definition) is 10. The zero-order chi connectivity index (χ0) is 97.4. The summed E-state index contributed by atoms with van der Waals surface area (Å²) in [5.41, 5.74) is 19.0. The number of rotatable bonds is 34. The second-order valence-corrected chi connectivity index (χ2v) is 37.0. The maximum Gasteiger partial charge on any atom is 0.147 e. The van der Waals surface area contributed by atoms with Gasteiger partial charge in [0.05, 0.1) is 6.04 Å². The Morgan fingerprint density at radius 3 is 1.14 bits per heavy atom. The number of fused-ring (bicyclic) bond motifs is 3. The molecular formula is C123H154N2O9. The van der Waals surface area contributed by atoms with Gasteiger partial charge in [-0.1, -0.05) is 322 Å². The number of nitrogens with one attached hydrogen (secondary N) is 1. The van der Waals surface area contributed by atoms with E-state index >= 15 is 0 Å². The van der Waals surface area contributed by atoms with Crippen molar-refractivity contribution in [1.82, 2.24) is 9.88 Å². The van der Waals surface area contributed by atoms with Gasteiger partial charge in [-0.2, -0.15) is 0 Å². The molecule has 1 aliphatic heterocycles. The highest BCUT2D eigenvalue weighted by Crippen LogP contribution is 2.34. The van der Waals surface area contributed by atoms with Crippen LogP contribution < -0.4 is 4.74 Å². The van der Waals surface area contributed by atoms with Crippen LogP contribution in [0.3, 0.4) is 0 Å². The van der Waals surface area contributed by atoms with Gasteiger partial charge >= 0.3 is 0 Å². The third kappa shape index (κ3) is 38.4. The number of Topliss-reactive ketones (excluding diaryl/α,β-unsaturated/α-hetero) is 8. The molecule has 12 aromatic rings. The van der Waals surface area contributed by atoms with E-state index in [0.29, 0.717) is 23.1 Å². The Morgan fingerprint density at radius 2 is 0.694 bits per heavy atom. The van der Waals surface area contributed by atoms with Crippen LogP contribution in [-0.2, 0) is 96.3 Å².